The second-order valence-electron chi connectivity index (χ2n) is 5.40. The molecule has 0 atom stereocenters. The minimum absolute atomic E-state index is 0.0547. The molecule has 2 nitrogen and oxygen atoms in total. The van der Waals surface area contributed by atoms with Crippen molar-refractivity contribution in [2.45, 2.75) is 65.4 Å². The zero-order valence-corrected chi connectivity index (χ0v) is 9.85. The first-order valence-electron chi connectivity index (χ1n) is 5.57. The molecule has 1 fully saturated rings. The minimum Gasteiger partial charge on any atom is -0.459 e. The molecule has 0 bridgehead atoms. The van der Waals surface area contributed by atoms with E-state index in [2.05, 4.69) is 20.8 Å². The van der Waals surface area contributed by atoms with Crippen LogP contribution in [0.1, 0.15) is 59.8 Å². The van der Waals surface area contributed by atoms with E-state index in [1.165, 1.54) is 26.2 Å². The van der Waals surface area contributed by atoms with Crippen molar-refractivity contribution in [2.75, 3.05) is 0 Å². The molecule has 0 radical (unpaired) electrons. The highest BCUT2D eigenvalue weighted by molar-refractivity contribution is 5.66. The van der Waals surface area contributed by atoms with Crippen molar-refractivity contribution in [3.63, 3.8) is 0 Å². The van der Waals surface area contributed by atoms with Crippen LogP contribution in [0, 0.1) is 5.41 Å². The Morgan fingerprint density at radius 3 is 2.00 bits per heavy atom. The summed E-state index contributed by atoms with van der Waals surface area (Å²) < 4.78 is 5.60. The normalized spacial score (nSPS) is 21.7. The van der Waals surface area contributed by atoms with Crippen LogP contribution < -0.4 is 0 Å². The zero-order chi connectivity index (χ0) is 10.8. The zero-order valence-electron chi connectivity index (χ0n) is 9.85. The fourth-order valence-corrected chi connectivity index (χ4v) is 2.40. The summed E-state index contributed by atoms with van der Waals surface area (Å²) in [6.45, 7) is 8.02. The molecule has 0 saturated heterocycles. The molecule has 0 aliphatic heterocycles. The van der Waals surface area contributed by atoms with Gasteiger partial charge in [0.2, 0.25) is 0 Å². The van der Waals surface area contributed by atoms with Crippen LogP contribution >= 0.6 is 0 Å². The summed E-state index contributed by atoms with van der Waals surface area (Å²) in [7, 11) is 0. The second-order valence-corrected chi connectivity index (χ2v) is 5.40. The van der Waals surface area contributed by atoms with Gasteiger partial charge in [-0.25, -0.2) is 0 Å². The monoisotopic (exact) mass is 198 g/mol. The Hall–Kier alpha value is -0.530. The number of carbonyl (C=O) groups is 1. The lowest BCUT2D eigenvalue weighted by Gasteiger charge is -2.46. The maximum atomic E-state index is 11.1. The predicted molar refractivity (Wildman–Crippen MR) is 57.0 cm³/mol. The van der Waals surface area contributed by atoms with Crippen molar-refractivity contribution in [1.29, 1.82) is 0 Å². The molecule has 0 spiro atoms. The number of ether oxygens (including phenoxy) is 1. The lowest BCUT2D eigenvalue weighted by Crippen LogP contribution is -2.48. The first-order valence-corrected chi connectivity index (χ1v) is 5.57. The van der Waals surface area contributed by atoms with Gasteiger partial charge in [0.15, 0.2) is 0 Å². The van der Waals surface area contributed by atoms with E-state index in [0.29, 0.717) is 0 Å². The van der Waals surface area contributed by atoms with E-state index >= 15 is 0 Å². The third-order valence-electron chi connectivity index (χ3n) is 3.37. The van der Waals surface area contributed by atoms with E-state index in [0.717, 1.165) is 12.8 Å². The molecule has 1 saturated carbocycles. The predicted octanol–water partition coefficient (Wildman–Crippen LogP) is 3.30. The van der Waals surface area contributed by atoms with Gasteiger partial charge in [0, 0.05) is 12.3 Å². The average Bonchev–Trinajstić information content (AvgIpc) is 2.02. The van der Waals surface area contributed by atoms with E-state index in [9.17, 15) is 4.79 Å². The van der Waals surface area contributed by atoms with Crippen molar-refractivity contribution >= 4 is 5.97 Å². The van der Waals surface area contributed by atoms with Crippen LogP contribution in [0.25, 0.3) is 0 Å². The number of carbonyl (C=O) groups excluding carboxylic acids is 1. The molecular weight excluding hydrogens is 176 g/mol. The molecule has 1 aliphatic carbocycles. The van der Waals surface area contributed by atoms with Crippen LogP contribution in [-0.2, 0) is 9.53 Å². The van der Waals surface area contributed by atoms with Crippen LogP contribution in [0.5, 0.6) is 0 Å². The summed E-state index contributed by atoms with van der Waals surface area (Å²) in [5.41, 5.74) is -0.157. The third kappa shape index (κ3) is 2.28. The highest BCUT2D eigenvalue weighted by Crippen LogP contribution is 2.44. The Morgan fingerprint density at radius 1 is 1.14 bits per heavy atom. The van der Waals surface area contributed by atoms with Crippen molar-refractivity contribution in [3.8, 4) is 0 Å². The van der Waals surface area contributed by atoms with Gasteiger partial charge in [-0.1, -0.05) is 27.2 Å². The molecule has 2 heteroatoms. The standard InChI is InChI=1S/C12H22O2/c1-10(13)14-12(11(2,3)4)8-6-5-7-9-12/h5-9H2,1-4H3. The van der Waals surface area contributed by atoms with E-state index in [4.69, 9.17) is 4.74 Å². The van der Waals surface area contributed by atoms with Crippen molar-refractivity contribution in [3.05, 3.63) is 0 Å². The smallest absolute Gasteiger partial charge is 0.303 e. The lowest BCUT2D eigenvalue weighted by atomic mass is 9.68. The molecular formula is C12H22O2. The van der Waals surface area contributed by atoms with E-state index in [1.807, 2.05) is 0 Å². The lowest BCUT2D eigenvalue weighted by molar-refractivity contribution is -0.177. The van der Waals surface area contributed by atoms with Crippen LogP contribution in [0.15, 0.2) is 0 Å². The van der Waals surface area contributed by atoms with Crippen molar-refractivity contribution < 1.29 is 9.53 Å². The van der Waals surface area contributed by atoms with Gasteiger partial charge in [-0.05, 0) is 25.7 Å². The minimum atomic E-state index is -0.211. The van der Waals surface area contributed by atoms with E-state index in [-0.39, 0.29) is 17.0 Å². The summed E-state index contributed by atoms with van der Waals surface area (Å²) in [4.78, 5) is 11.1. The van der Waals surface area contributed by atoms with Gasteiger partial charge in [-0.3, -0.25) is 4.79 Å². The van der Waals surface area contributed by atoms with E-state index < -0.39 is 0 Å². The Kier molecular flexibility index (Phi) is 3.23. The van der Waals surface area contributed by atoms with Gasteiger partial charge in [0.25, 0.3) is 0 Å². The van der Waals surface area contributed by atoms with Crippen LogP contribution in [0.4, 0.5) is 0 Å². The number of esters is 1. The van der Waals surface area contributed by atoms with Crippen LogP contribution in [0.2, 0.25) is 0 Å². The Bertz CT molecular complexity index is 207. The molecule has 0 aromatic heterocycles. The van der Waals surface area contributed by atoms with Crippen LogP contribution in [0.3, 0.4) is 0 Å². The highest BCUT2D eigenvalue weighted by Gasteiger charge is 2.45. The number of hydrogen-bond acceptors (Lipinski definition) is 2. The molecule has 82 valence electrons. The maximum absolute atomic E-state index is 11.1. The molecule has 0 heterocycles. The fourth-order valence-electron chi connectivity index (χ4n) is 2.40. The molecule has 0 aromatic rings. The molecule has 1 aliphatic rings. The highest BCUT2D eigenvalue weighted by atomic mass is 16.6. The van der Waals surface area contributed by atoms with Gasteiger partial charge < -0.3 is 4.74 Å². The number of hydrogen-bond donors (Lipinski definition) is 0. The Morgan fingerprint density at radius 2 is 1.64 bits per heavy atom. The largest absolute Gasteiger partial charge is 0.459 e. The summed E-state index contributed by atoms with van der Waals surface area (Å²) in [5, 5.41) is 0. The molecule has 0 unspecified atom stereocenters. The van der Waals surface area contributed by atoms with E-state index in [1.54, 1.807) is 0 Å². The van der Waals surface area contributed by atoms with Crippen LogP contribution in [-0.4, -0.2) is 11.6 Å². The quantitative estimate of drug-likeness (QED) is 0.604. The van der Waals surface area contributed by atoms with Gasteiger partial charge in [-0.15, -0.1) is 0 Å². The second kappa shape index (κ2) is 3.92. The van der Waals surface area contributed by atoms with Gasteiger partial charge in [0.05, 0.1) is 0 Å². The Labute approximate surface area is 87.0 Å². The Balaban J connectivity index is 2.83. The van der Waals surface area contributed by atoms with Crippen molar-refractivity contribution in [1.82, 2.24) is 0 Å². The summed E-state index contributed by atoms with van der Waals surface area (Å²) in [5.74, 6) is -0.137. The fraction of sp³-hybridized carbons (Fsp3) is 0.917. The molecule has 0 aromatic carbocycles. The average molecular weight is 198 g/mol. The van der Waals surface area contributed by atoms with Gasteiger partial charge in [0.1, 0.15) is 5.60 Å². The molecule has 14 heavy (non-hydrogen) atoms. The summed E-state index contributed by atoms with van der Waals surface area (Å²) in [6.07, 6.45) is 5.69. The summed E-state index contributed by atoms with van der Waals surface area (Å²) in [6, 6.07) is 0. The number of rotatable bonds is 1. The first-order chi connectivity index (χ1) is 6.37. The third-order valence-corrected chi connectivity index (χ3v) is 3.37. The summed E-state index contributed by atoms with van der Waals surface area (Å²) >= 11 is 0. The molecule has 0 amide bonds. The topological polar surface area (TPSA) is 26.3 Å². The molecule has 1 rings (SSSR count). The SMILES string of the molecule is CC(=O)OC1(C(C)(C)C)CCCCC1. The first kappa shape index (κ1) is 11.5. The maximum Gasteiger partial charge on any atom is 0.303 e. The van der Waals surface area contributed by atoms with Crippen molar-refractivity contribution in [2.24, 2.45) is 5.41 Å². The molecule has 0 N–H and O–H groups in total. The van der Waals surface area contributed by atoms with Gasteiger partial charge in [-0.2, -0.15) is 0 Å². The van der Waals surface area contributed by atoms with Gasteiger partial charge >= 0.3 is 5.97 Å².